The molecule has 1 unspecified atom stereocenters. The molecule has 138 valence electrons. The monoisotopic (exact) mass is 385 g/mol. The van der Waals surface area contributed by atoms with Crippen molar-refractivity contribution in [2.75, 3.05) is 0 Å². The van der Waals surface area contributed by atoms with Crippen LogP contribution in [0.15, 0.2) is 89.9 Å². The molecule has 0 saturated heterocycles. The van der Waals surface area contributed by atoms with Crippen molar-refractivity contribution < 1.29 is 5.11 Å². The molecule has 0 aliphatic carbocycles. The number of benzene rings is 4. The van der Waals surface area contributed by atoms with E-state index in [1.165, 1.54) is 5.56 Å². The Morgan fingerprint density at radius 2 is 1.57 bits per heavy atom. The Bertz CT molecular complexity index is 1130. The topological polar surface area (TPSA) is 32.6 Å². The highest BCUT2D eigenvalue weighted by Crippen LogP contribution is 2.38. The summed E-state index contributed by atoms with van der Waals surface area (Å²) in [5.74, 6) is 0.248. The molecule has 0 spiro atoms. The molecule has 4 aromatic rings. The lowest BCUT2D eigenvalue weighted by Gasteiger charge is -2.18. The molecule has 4 rings (SSSR count). The van der Waals surface area contributed by atoms with Gasteiger partial charge in [0.2, 0.25) is 0 Å². The van der Waals surface area contributed by atoms with Gasteiger partial charge in [0, 0.05) is 16.8 Å². The minimum atomic E-state index is -0.317. The summed E-state index contributed by atoms with van der Waals surface area (Å²) in [4.78, 5) is 4.88. The number of halogens is 1. The summed E-state index contributed by atoms with van der Waals surface area (Å²) in [6.45, 7) is 2.06. The van der Waals surface area contributed by atoms with Crippen molar-refractivity contribution in [3.8, 4) is 5.75 Å². The third kappa shape index (κ3) is 3.78. The molecule has 1 N–H and O–H groups in total. The first-order chi connectivity index (χ1) is 13.6. The predicted octanol–water partition coefficient (Wildman–Crippen LogP) is 6.72. The molecule has 0 amide bonds. The average Bonchev–Trinajstić information content (AvgIpc) is 2.72. The van der Waals surface area contributed by atoms with Gasteiger partial charge in [0.15, 0.2) is 0 Å². The van der Waals surface area contributed by atoms with Gasteiger partial charge in [-0.2, -0.15) is 0 Å². The highest BCUT2D eigenvalue weighted by atomic mass is 35.5. The molecule has 0 fully saturated rings. The van der Waals surface area contributed by atoms with Crippen LogP contribution < -0.4 is 0 Å². The van der Waals surface area contributed by atoms with E-state index in [1.807, 2.05) is 60.8 Å². The smallest absolute Gasteiger partial charge is 0.121 e. The minimum absolute atomic E-state index is 0.248. The minimum Gasteiger partial charge on any atom is -0.508 e. The Labute approximate surface area is 169 Å². The molecule has 0 saturated carbocycles. The Hall–Kier alpha value is -3.10. The summed E-state index contributed by atoms with van der Waals surface area (Å²) < 4.78 is 0. The Balaban J connectivity index is 1.87. The van der Waals surface area contributed by atoms with Crippen molar-refractivity contribution in [3.05, 3.63) is 112 Å². The van der Waals surface area contributed by atoms with E-state index >= 15 is 0 Å². The Morgan fingerprint density at radius 3 is 2.32 bits per heavy atom. The van der Waals surface area contributed by atoms with Crippen LogP contribution in [-0.4, -0.2) is 11.3 Å². The van der Waals surface area contributed by atoms with Crippen LogP contribution in [0.4, 0.5) is 0 Å². The molecular weight excluding hydrogens is 366 g/mol. The van der Waals surface area contributed by atoms with Gasteiger partial charge in [0.25, 0.3) is 0 Å². The number of phenols is 1. The first-order valence-electron chi connectivity index (χ1n) is 9.18. The van der Waals surface area contributed by atoms with E-state index in [-0.39, 0.29) is 11.8 Å². The van der Waals surface area contributed by atoms with Gasteiger partial charge in [0.1, 0.15) is 11.8 Å². The maximum atomic E-state index is 10.7. The second-order valence-corrected chi connectivity index (χ2v) is 7.30. The van der Waals surface area contributed by atoms with Gasteiger partial charge in [-0.05, 0) is 47.0 Å². The Morgan fingerprint density at radius 1 is 0.857 bits per heavy atom. The van der Waals surface area contributed by atoms with Crippen LogP contribution in [0.1, 0.15) is 28.3 Å². The summed E-state index contributed by atoms with van der Waals surface area (Å²) in [7, 11) is 0. The van der Waals surface area contributed by atoms with E-state index in [9.17, 15) is 5.11 Å². The summed E-state index contributed by atoms with van der Waals surface area (Å²) in [5, 5.41) is 13.5. The van der Waals surface area contributed by atoms with E-state index in [0.29, 0.717) is 5.02 Å². The van der Waals surface area contributed by atoms with E-state index in [2.05, 4.69) is 31.2 Å². The van der Waals surface area contributed by atoms with E-state index < -0.39 is 0 Å². The van der Waals surface area contributed by atoms with Crippen molar-refractivity contribution >= 4 is 28.6 Å². The van der Waals surface area contributed by atoms with Crippen molar-refractivity contribution in [1.82, 2.24) is 0 Å². The number of fused-ring (bicyclic) bond motifs is 1. The van der Waals surface area contributed by atoms with E-state index in [0.717, 1.165) is 27.5 Å². The summed E-state index contributed by atoms with van der Waals surface area (Å²) in [6, 6.07) is 27.3. The molecule has 0 heterocycles. The number of hydrogen-bond acceptors (Lipinski definition) is 2. The molecule has 0 radical (unpaired) electrons. The molecule has 2 nitrogen and oxygen atoms in total. The molecule has 0 aliphatic heterocycles. The fraction of sp³-hybridized carbons (Fsp3) is 0.0800. The molecule has 0 bridgehead atoms. The normalized spacial score (nSPS) is 12.5. The highest BCUT2D eigenvalue weighted by Gasteiger charge is 2.19. The SMILES string of the molecule is Cc1ccc(C(N=Cc2ccc(Cl)cc2)c2c(O)ccc3ccccc23)cc1. The molecule has 28 heavy (non-hydrogen) atoms. The van der Waals surface area contributed by atoms with Crippen LogP contribution in [0.5, 0.6) is 5.75 Å². The Kier molecular flexibility index (Phi) is 5.14. The van der Waals surface area contributed by atoms with Gasteiger partial charge in [-0.1, -0.05) is 83.9 Å². The largest absolute Gasteiger partial charge is 0.508 e. The number of nitrogens with zero attached hydrogens (tertiary/aromatic N) is 1. The third-order valence-electron chi connectivity index (χ3n) is 4.86. The molecule has 4 aromatic carbocycles. The highest BCUT2D eigenvalue weighted by molar-refractivity contribution is 6.30. The van der Waals surface area contributed by atoms with Crippen LogP contribution >= 0.6 is 11.6 Å². The maximum absolute atomic E-state index is 10.7. The van der Waals surface area contributed by atoms with Crippen LogP contribution in [0.3, 0.4) is 0 Å². The van der Waals surface area contributed by atoms with Gasteiger partial charge in [0.05, 0.1) is 0 Å². The number of hydrogen-bond donors (Lipinski definition) is 1. The zero-order valence-corrected chi connectivity index (χ0v) is 16.3. The molecule has 0 aromatic heterocycles. The number of aromatic hydroxyl groups is 1. The standard InChI is InChI=1S/C25H20ClNO/c1-17-6-10-20(11-7-17)25(27-16-18-8-13-21(26)14-9-18)24-22-5-3-2-4-19(22)12-15-23(24)28/h2-16,25,28H,1H3. The fourth-order valence-corrected chi connectivity index (χ4v) is 3.48. The number of rotatable bonds is 4. The third-order valence-corrected chi connectivity index (χ3v) is 5.11. The van der Waals surface area contributed by atoms with E-state index in [4.69, 9.17) is 16.6 Å². The predicted molar refractivity (Wildman–Crippen MR) is 118 cm³/mol. The maximum Gasteiger partial charge on any atom is 0.121 e. The lowest BCUT2D eigenvalue weighted by Crippen LogP contribution is -2.01. The van der Waals surface area contributed by atoms with Crippen molar-refractivity contribution in [3.63, 3.8) is 0 Å². The zero-order chi connectivity index (χ0) is 19.5. The van der Waals surface area contributed by atoms with Gasteiger partial charge in [-0.15, -0.1) is 0 Å². The van der Waals surface area contributed by atoms with Crippen LogP contribution in [0.2, 0.25) is 5.02 Å². The van der Waals surface area contributed by atoms with E-state index in [1.54, 1.807) is 6.07 Å². The second-order valence-electron chi connectivity index (χ2n) is 6.86. The second kappa shape index (κ2) is 7.87. The summed E-state index contributed by atoms with van der Waals surface area (Å²) >= 11 is 5.99. The quantitative estimate of drug-likeness (QED) is 0.389. The van der Waals surface area contributed by atoms with Crippen LogP contribution in [-0.2, 0) is 0 Å². The first-order valence-corrected chi connectivity index (χ1v) is 9.55. The fourth-order valence-electron chi connectivity index (χ4n) is 3.36. The van der Waals surface area contributed by atoms with Crippen molar-refractivity contribution in [1.29, 1.82) is 0 Å². The first kappa shape index (κ1) is 18.3. The van der Waals surface area contributed by atoms with Crippen LogP contribution in [0, 0.1) is 6.92 Å². The number of aliphatic imine (C=N–C) groups is 1. The average molecular weight is 386 g/mol. The number of aryl methyl sites for hydroxylation is 1. The molecule has 3 heteroatoms. The molecule has 0 aliphatic rings. The number of phenolic OH excluding ortho intramolecular Hbond substituents is 1. The van der Waals surface area contributed by atoms with Crippen LogP contribution in [0.25, 0.3) is 10.8 Å². The van der Waals surface area contributed by atoms with Gasteiger partial charge < -0.3 is 5.11 Å². The van der Waals surface area contributed by atoms with Gasteiger partial charge in [-0.25, -0.2) is 0 Å². The molecular formula is C25H20ClNO. The van der Waals surface area contributed by atoms with Crippen molar-refractivity contribution in [2.45, 2.75) is 13.0 Å². The van der Waals surface area contributed by atoms with Crippen molar-refractivity contribution in [2.24, 2.45) is 4.99 Å². The lowest BCUT2D eigenvalue weighted by atomic mass is 9.92. The lowest BCUT2D eigenvalue weighted by molar-refractivity contribution is 0.467. The molecule has 1 atom stereocenters. The van der Waals surface area contributed by atoms with Gasteiger partial charge in [-0.3, -0.25) is 4.99 Å². The zero-order valence-electron chi connectivity index (χ0n) is 15.5. The summed E-state index contributed by atoms with van der Waals surface area (Å²) in [5.41, 5.74) is 3.99. The van der Waals surface area contributed by atoms with Gasteiger partial charge >= 0.3 is 0 Å². The summed E-state index contributed by atoms with van der Waals surface area (Å²) in [6.07, 6.45) is 1.84.